The van der Waals surface area contributed by atoms with Gasteiger partial charge in [-0.05, 0) is 46.3 Å². The lowest BCUT2D eigenvalue weighted by Gasteiger charge is -2.42. The molecule has 0 radical (unpaired) electrons. The molecule has 4 heteroatoms. The fraction of sp³-hybridized carbons (Fsp3) is 1.00. The lowest BCUT2D eigenvalue weighted by atomic mass is 9.81. The van der Waals surface area contributed by atoms with E-state index in [4.69, 9.17) is 4.74 Å². The maximum atomic E-state index is 5.87. The van der Waals surface area contributed by atoms with E-state index in [1.54, 1.807) is 0 Å². The summed E-state index contributed by atoms with van der Waals surface area (Å²) in [7, 11) is 4.38. The van der Waals surface area contributed by atoms with Gasteiger partial charge in [0.05, 0.1) is 6.61 Å². The molecule has 21 heavy (non-hydrogen) atoms. The molecule has 0 amide bonds. The van der Waals surface area contributed by atoms with E-state index in [0.717, 1.165) is 25.8 Å². The molecule has 0 bridgehead atoms. The lowest BCUT2D eigenvalue weighted by molar-refractivity contribution is -0.0300. The summed E-state index contributed by atoms with van der Waals surface area (Å²) < 4.78 is 5.87. The molecule has 4 nitrogen and oxygen atoms in total. The van der Waals surface area contributed by atoms with Crippen molar-refractivity contribution in [3.8, 4) is 0 Å². The molecule has 2 heterocycles. The molecule has 0 saturated carbocycles. The van der Waals surface area contributed by atoms with Crippen LogP contribution in [0, 0.1) is 5.41 Å². The Kier molecular flexibility index (Phi) is 6.48. The van der Waals surface area contributed by atoms with E-state index >= 15 is 0 Å². The molecule has 2 atom stereocenters. The third-order valence-electron chi connectivity index (χ3n) is 4.90. The number of likely N-dealkylation sites (N-methyl/N-ethyl adjacent to an activating group) is 1. The van der Waals surface area contributed by atoms with Gasteiger partial charge < -0.3 is 15.0 Å². The van der Waals surface area contributed by atoms with Crippen LogP contribution in [0.4, 0.5) is 0 Å². The smallest absolute Gasteiger partial charge is 0.0546 e. The van der Waals surface area contributed by atoms with Gasteiger partial charge in [-0.25, -0.2) is 0 Å². The second-order valence-electron chi connectivity index (χ2n) is 7.72. The summed E-state index contributed by atoms with van der Waals surface area (Å²) in [5.41, 5.74) is 0.317. The Hall–Kier alpha value is -0.160. The van der Waals surface area contributed by atoms with Crippen molar-refractivity contribution in [3.63, 3.8) is 0 Å². The number of likely N-dealkylation sites (tertiary alicyclic amines) is 1. The van der Waals surface area contributed by atoms with E-state index < -0.39 is 0 Å². The molecule has 0 aromatic heterocycles. The van der Waals surface area contributed by atoms with Gasteiger partial charge in [-0.2, -0.15) is 0 Å². The van der Waals surface area contributed by atoms with E-state index in [0.29, 0.717) is 11.5 Å². The van der Waals surface area contributed by atoms with Crippen LogP contribution in [0.15, 0.2) is 0 Å². The van der Waals surface area contributed by atoms with E-state index in [9.17, 15) is 0 Å². The van der Waals surface area contributed by atoms with Crippen LogP contribution in [0.3, 0.4) is 0 Å². The highest BCUT2D eigenvalue weighted by Gasteiger charge is 2.38. The van der Waals surface area contributed by atoms with Crippen LogP contribution < -0.4 is 5.32 Å². The Morgan fingerprint density at radius 1 is 1.33 bits per heavy atom. The first-order chi connectivity index (χ1) is 10.0. The molecule has 2 unspecified atom stereocenters. The summed E-state index contributed by atoms with van der Waals surface area (Å²) in [5, 5.41) is 3.67. The van der Waals surface area contributed by atoms with Crippen LogP contribution in [0.5, 0.6) is 0 Å². The van der Waals surface area contributed by atoms with Crippen molar-refractivity contribution in [1.82, 2.24) is 15.1 Å². The van der Waals surface area contributed by atoms with Gasteiger partial charge in [0.1, 0.15) is 0 Å². The normalized spacial score (nSPS) is 31.4. The first-order valence-electron chi connectivity index (χ1n) is 8.71. The summed E-state index contributed by atoms with van der Waals surface area (Å²) in [6, 6.07) is 1.29. The maximum absolute atomic E-state index is 5.87. The van der Waals surface area contributed by atoms with Crippen LogP contribution >= 0.6 is 0 Å². The van der Waals surface area contributed by atoms with E-state index in [1.807, 2.05) is 0 Å². The number of hydrogen-bond acceptors (Lipinski definition) is 4. The maximum Gasteiger partial charge on any atom is 0.0546 e. The third kappa shape index (κ3) is 5.20. The Balaban J connectivity index is 1.96. The largest absolute Gasteiger partial charge is 0.381 e. The zero-order valence-corrected chi connectivity index (χ0v) is 14.5. The molecular weight excluding hydrogens is 262 g/mol. The Morgan fingerprint density at radius 3 is 2.76 bits per heavy atom. The number of nitrogens with zero attached hydrogens (tertiary/aromatic N) is 2. The molecule has 2 saturated heterocycles. The first kappa shape index (κ1) is 17.2. The van der Waals surface area contributed by atoms with E-state index in [1.165, 1.54) is 45.3 Å². The summed E-state index contributed by atoms with van der Waals surface area (Å²) in [5.74, 6) is 0. The van der Waals surface area contributed by atoms with Crippen molar-refractivity contribution in [3.05, 3.63) is 0 Å². The monoisotopic (exact) mass is 297 g/mol. The van der Waals surface area contributed by atoms with Gasteiger partial charge in [0.2, 0.25) is 0 Å². The van der Waals surface area contributed by atoms with Gasteiger partial charge in [-0.1, -0.05) is 13.8 Å². The van der Waals surface area contributed by atoms with Crippen molar-refractivity contribution in [2.75, 3.05) is 53.5 Å². The first-order valence-corrected chi connectivity index (χ1v) is 8.71. The predicted molar refractivity (Wildman–Crippen MR) is 88.8 cm³/mol. The Labute approximate surface area is 131 Å². The summed E-state index contributed by atoms with van der Waals surface area (Å²) in [4.78, 5) is 5.07. The van der Waals surface area contributed by atoms with Gasteiger partial charge in [-0.3, -0.25) is 4.90 Å². The average molecular weight is 297 g/mol. The van der Waals surface area contributed by atoms with Crippen LogP contribution in [0.25, 0.3) is 0 Å². The molecule has 0 aromatic rings. The number of hydrogen-bond donors (Lipinski definition) is 1. The van der Waals surface area contributed by atoms with Gasteiger partial charge >= 0.3 is 0 Å². The standard InChI is InChI=1S/C17H35N3O/c1-15(2)18-12-17(8-6-10-21-14-17)13-20-9-5-7-16(20)11-19(3)4/h15-16,18H,5-14H2,1-4H3. The van der Waals surface area contributed by atoms with Gasteiger partial charge in [0.25, 0.3) is 0 Å². The van der Waals surface area contributed by atoms with Crippen LogP contribution in [-0.2, 0) is 4.74 Å². The van der Waals surface area contributed by atoms with Gasteiger partial charge in [0.15, 0.2) is 0 Å². The lowest BCUT2D eigenvalue weighted by Crippen LogP contribution is -2.52. The molecule has 0 aliphatic carbocycles. The minimum Gasteiger partial charge on any atom is -0.381 e. The third-order valence-corrected chi connectivity index (χ3v) is 4.90. The topological polar surface area (TPSA) is 27.7 Å². The van der Waals surface area contributed by atoms with Crippen molar-refractivity contribution < 1.29 is 4.74 Å². The van der Waals surface area contributed by atoms with Crippen LogP contribution in [0.1, 0.15) is 39.5 Å². The Bertz CT molecular complexity index is 300. The van der Waals surface area contributed by atoms with Crippen molar-refractivity contribution in [2.45, 2.75) is 51.6 Å². The number of ether oxygens (including phenoxy) is 1. The quantitative estimate of drug-likeness (QED) is 0.775. The molecule has 2 aliphatic heterocycles. The highest BCUT2D eigenvalue weighted by atomic mass is 16.5. The minimum absolute atomic E-state index is 0.317. The Morgan fingerprint density at radius 2 is 2.14 bits per heavy atom. The molecule has 124 valence electrons. The predicted octanol–water partition coefficient (Wildman–Crippen LogP) is 1.81. The molecule has 2 rings (SSSR count). The molecule has 0 spiro atoms. The highest BCUT2D eigenvalue weighted by Crippen LogP contribution is 2.32. The fourth-order valence-electron chi connectivity index (χ4n) is 3.81. The second kappa shape index (κ2) is 7.91. The summed E-state index contributed by atoms with van der Waals surface area (Å²) >= 11 is 0. The summed E-state index contributed by atoms with van der Waals surface area (Å²) in [6.45, 7) is 11.1. The van der Waals surface area contributed by atoms with Gasteiger partial charge in [0, 0.05) is 43.7 Å². The van der Waals surface area contributed by atoms with Crippen molar-refractivity contribution >= 4 is 0 Å². The fourth-order valence-corrected chi connectivity index (χ4v) is 3.81. The zero-order chi connectivity index (χ0) is 15.3. The highest BCUT2D eigenvalue weighted by molar-refractivity contribution is 4.92. The minimum atomic E-state index is 0.317. The molecular formula is C17H35N3O. The van der Waals surface area contributed by atoms with Crippen LogP contribution in [-0.4, -0.2) is 75.4 Å². The molecule has 2 aliphatic rings. The number of nitrogens with one attached hydrogen (secondary N) is 1. The SMILES string of the molecule is CC(C)NCC1(CN2CCCC2CN(C)C)CCCOC1. The van der Waals surface area contributed by atoms with Crippen molar-refractivity contribution in [2.24, 2.45) is 5.41 Å². The zero-order valence-electron chi connectivity index (χ0n) is 14.5. The number of rotatable bonds is 7. The van der Waals surface area contributed by atoms with E-state index in [2.05, 4.69) is 43.1 Å². The molecule has 0 aromatic carbocycles. The van der Waals surface area contributed by atoms with Crippen molar-refractivity contribution in [1.29, 1.82) is 0 Å². The van der Waals surface area contributed by atoms with E-state index in [-0.39, 0.29) is 0 Å². The molecule has 1 N–H and O–H groups in total. The second-order valence-corrected chi connectivity index (χ2v) is 7.72. The van der Waals surface area contributed by atoms with Gasteiger partial charge in [-0.15, -0.1) is 0 Å². The van der Waals surface area contributed by atoms with Crippen LogP contribution in [0.2, 0.25) is 0 Å². The summed E-state index contributed by atoms with van der Waals surface area (Å²) in [6.07, 6.45) is 5.23. The average Bonchev–Trinajstić information content (AvgIpc) is 2.84. The molecule has 2 fully saturated rings.